The van der Waals surface area contributed by atoms with E-state index in [1.807, 2.05) is 0 Å². The van der Waals surface area contributed by atoms with E-state index in [0.717, 1.165) is 31.6 Å². The number of carboxylic acids is 1. The number of ether oxygens (including phenoxy) is 2. The maximum absolute atomic E-state index is 12.3. The van der Waals surface area contributed by atoms with E-state index in [1.165, 1.54) is 26.2 Å². The molecule has 1 aromatic carbocycles. The second-order valence-corrected chi connectivity index (χ2v) is 6.85. The quantitative estimate of drug-likeness (QED) is 0.555. The van der Waals surface area contributed by atoms with E-state index in [0.29, 0.717) is 11.5 Å². The van der Waals surface area contributed by atoms with Crippen LogP contribution in [0.5, 0.6) is 11.5 Å². The summed E-state index contributed by atoms with van der Waals surface area (Å²) >= 11 is 0. The smallest absolute Gasteiger partial charge is 0.344 e. The fourth-order valence-electron chi connectivity index (χ4n) is 3.22. The summed E-state index contributed by atoms with van der Waals surface area (Å²) < 4.78 is 10.7. The Kier molecular flexibility index (Phi) is 7.29. The van der Waals surface area contributed by atoms with Gasteiger partial charge in [-0.25, -0.2) is 4.79 Å². The number of carbonyl (C=O) groups excluding carboxylic acids is 1. The third-order valence-corrected chi connectivity index (χ3v) is 4.85. The molecule has 5 heteroatoms. The Bertz CT molecular complexity index is 558. The molecule has 1 aliphatic rings. The van der Waals surface area contributed by atoms with Crippen LogP contribution in [0.25, 0.3) is 0 Å². The zero-order valence-electron chi connectivity index (χ0n) is 15.1. The van der Waals surface area contributed by atoms with Crippen LogP contribution in [-0.4, -0.2) is 23.1 Å². The van der Waals surface area contributed by atoms with Crippen molar-refractivity contribution in [3.63, 3.8) is 0 Å². The molecule has 0 spiro atoms. The normalized spacial score (nSPS) is 21.4. The highest BCUT2D eigenvalue weighted by molar-refractivity contribution is 5.75. The number of hydrogen-bond acceptors (Lipinski definition) is 4. The van der Waals surface area contributed by atoms with Gasteiger partial charge in [0.1, 0.15) is 11.5 Å². The molecular formula is C20H28O5. The molecule has 1 fully saturated rings. The molecular weight excluding hydrogens is 320 g/mol. The van der Waals surface area contributed by atoms with Crippen molar-refractivity contribution in [3.05, 3.63) is 24.3 Å². The lowest BCUT2D eigenvalue weighted by atomic mass is 9.80. The molecule has 0 aliphatic heterocycles. The van der Waals surface area contributed by atoms with Crippen LogP contribution in [0.1, 0.15) is 58.8 Å². The van der Waals surface area contributed by atoms with Crippen molar-refractivity contribution in [1.82, 2.24) is 0 Å². The highest BCUT2D eigenvalue weighted by atomic mass is 16.5. The predicted octanol–water partition coefficient (Wildman–Crippen LogP) is 4.44. The Morgan fingerprint density at radius 1 is 1.12 bits per heavy atom. The topological polar surface area (TPSA) is 72.8 Å². The van der Waals surface area contributed by atoms with Gasteiger partial charge in [0, 0.05) is 0 Å². The average molecular weight is 348 g/mol. The van der Waals surface area contributed by atoms with Gasteiger partial charge in [0.05, 0.1) is 5.92 Å². The molecule has 0 heterocycles. The fourth-order valence-corrected chi connectivity index (χ4v) is 3.22. The number of hydrogen-bond donors (Lipinski definition) is 1. The van der Waals surface area contributed by atoms with Gasteiger partial charge < -0.3 is 14.6 Å². The highest BCUT2D eigenvalue weighted by Crippen LogP contribution is 2.33. The number of esters is 1. The Hall–Kier alpha value is -2.04. The summed E-state index contributed by atoms with van der Waals surface area (Å²) in [5, 5.41) is 8.83. The minimum Gasteiger partial charge on any atom is -0.479 e. The number of unbranched alkanes of at least 4 members (excludes halogenated alkanes) is 1. The van der Waals surface area contributed by atoms with E-state index in [2.05, 4.69) is 6.92 Å². The molecule has 1 atom stereocenters. The molecule has 1 N–H and O–H groups in total. The highest BCUT2D eigenvalue weighted by Gasteiger charge is 2.27. The third-order valence-electron chi connectivity index (χ3n) is 4.85. The van der Waals surface area contributed by atoms with Crippen molar-refractivity contribution in [2.75, 3.05) is 0 Å². The summed E-state index contributed by atoms with van der Waals surface area (Å²) in [6, 6.07) is 6.50. The van der Waals surface area contributed by atoms with E-state index in [9.17, 15) is 9.59 Å². The predicted molar refractivity (Wildman–Crippen MR) is 94.8 cm³/mol. The van der Waals surface area contributed by atoms with E-state index in [-0.39, 0.29) is 11.9 Å². The lowest BCUT2D eigenvalue weighted by Gasteiger charge is -2.27. The minimum absolute atomic E-state index is 0.0131. The van der Waals surface area contributed by atoms with Gasteiger partial charge in [-0.05, 0) is 62.8 Å². The first-order chi connectivity index (χ1) is 12.0. The van der Waals surface area contributed by atoms with Crippen LogP contribution in [0.15, 0.2) is 24.3 Å². The number of aliphatic carboxylic acids is 1. The number of rotatable bonds is 8. The van der Waals surface area contributed by atoms with Gasteiger partial charge in [-0.15, -0.1) is 0 Å². The van der Waals surface area contributed by atoms with Crippen LogP contribution in [-0.2, 0) is 9.59 Å². The second-order valence-electron chi connectivity index (χ2n) is 6.85. The van der Waals surface area contributed by atoms with Crippen molar-refractivity contribution < 1.29 is 24.2 Å². The van der Waals surface area contributed by atoms with Crippen molar-refractivity contribution in [2.45, 2.75) is 64.9 Å². The molecule has 1 saturated carbocycles. The SMILES string of the molecule is CCCCC1CCC(C(=O)Oc2ccc(OC(C)C(=O)O)cc2)CC1. The molecule has 0 aromatic heterocycles. The molecule has 138 valence electrons. The second kappa shape index (κ2) is 9.44. The maximum Gasteiger partial charge on any atom is 0.344 e. The lowest BCUT2D eigenvalue weighted by Crippen LogP contribution is -2.25. The number of carboxylic acid groups (broad SMARTS) is 1. The van der Waals surface area contributed by atoms with Crippen LogP contribution in [0, 0.1) is 11.8 Å². The molecule has 1 unspecified atom stereocenters. The van der Waals surface area contributed by atoms with Crippen molar-refractivity contribution in [3.8, 4) is 11.5 Å². The van der Waals surface area contributed by atoms with Crippen LogP contribution in [0.3, 0.4) is 0 Å². The van der Waals surface area contributed by atoms with Gasteiger partial charge in [0.25, 0.3) is 0 Å². The van der Waals surface area contributed by atoms with E-state index < -0.39 is 12.1 Å². The molecule has 2 rings (SSSR count). The summed E-state index contributed by atoms with van der Waals surface area (Å²) in [7, 11) is 0. The fraction of sp³-hybridized carbons (Fsp3) is 0.600. The molecule has 0 amide bonds. The van der Waals surface area contributed by atoms with Gasteiger partial charge in [-0.1, -0.05) is 26.2 Å². The first kappa shape index (κ1) is 19.3. The van der Waals surface area contributed by atoms with Crippen LogP contribution < -0.4 is 9.47 Å². The Labute approximate surface area is 149 Å². The van der Waals surface area contributed by atoms with Gasteiger partial charge in [-0.2, -0.15) is 0 Å². The summed E-state index contributed by atoms with van der Waals surface area (Å²) in [5.74, 6) is 0.462. The van der Waals surface area contributed by atoms with Crippen molar-refractivity contribution in [1.29, 1.82) is 0 Å². The summed E-state index contributed by atoms with van der Waals surface area (Å²) in [6.07, 6.45) is 6.89. The van der Waals surface area contributed by atoms with Crippen LogP contribution in [0.4, 0.5) is 0 Å². The average Bonchev–Trinajstić information content (AvgIpc) is 2.61. The monoisotopic (exact) mass is 348 g/mol. The third kappa shape index (κ3) is 6.07. The molecule has 1 aromatic rings. The maximum atomic E-state index is 12.3. The minimum atomic E-state index is -1.02. The molecule has 25 heavy (non-hydrogen) atoms. The standard InChI is InChI=1S/C20H28O5/c1-3-4-5-15-6-8-16(9-7-15)20(23)25-18-12-10-17(11-13-18)24-14(2)19(21)22/h10-16H,3-9H2,1-2H3,(H,21,22). The molecule has 0 saturated heterocycles. The van der Waals surface area contributed by atoms with Gasteiger partial charge in [-0.3, -0.25) is 4.79 Å². The number of carbonyl (C=O) groups is 2. The van der Waals surface area contributed by atoms with Crippen LogP contribution >= 0.6 is 0 Å². The Balaban J connectivity index is 1.80. The van der Waals surface area contributed by atoms with Crippen molar-refractivity contribution in [2.24, 2.45) is 11.8 Å². The Morgan fingerprint density at radius 2 is 1.72 bits per heavy atom. The lowest BCUT2D eigenvalue weighted by molar-refractivity contribution is -0.144. The van der Waals surface area contributed by atoms with Gasteiger partial charge in [0.2, 0.25) is 0 Å². The Morgan fingerprint density at radius 3 is 2.28 bits per heavy atom. The zero-order valence-corrected chi connectivity index (χ0v) is 15.1. The van der Waals surface area contributed by atoms with E-state index in [1.54, 1.807) is 24.3 Å². The van der Waals surface area contributed by atoms with Gasteiger partial charge >= 0.3 is 11.9 Å². The molecule has 0 radical (unpaired) electrons. The van der Waals surface area contributed by atoms with Crippen LogP contribution in [0.2, 0.25) is 0 Å². The summed E-state index contributed by atoms with van der Waals surface area (Å²) in [6.45, 7) is 3.68. The molecule has 5 nitrogen and oxygen atoms in total. The van der Waals surface area contributed by atoms with Crippen molar-refractivity contribution >= 4 is 11.9 Å². The molecule has 1 aliphatic carbocycles. The zero-order chi connectivity index (χ0) is 18.2. The first-order valence-corrected chi connectivity index (χ1v) is 9.20. The summed E-state index contributed by atoms with van der Waals surface area (Å²) in [5.41, 5.74) is 0. The van der Waals surface area contributed by atoms with E-state index >= 15 is 0 Å². The summed E-state index contributed by atoms with van der Waals surface area (Å²) in [4.78, 5) is 23.1. The van der Waals surface area contributed by atoms with Gasteiger partial charge in [0.15, 0.2) is 6.10 Å². The van der Waals surface area contributed by atoms with E-state index in [4.69, 9.17) is 14.6 Å². The number of benzene rings is 1. The largest absolute Gasteiger partial charge is 0.479 e. The first-order valence-electron chi connectivity index (χ1n) is 9.20. The molecule has 0 bridgehead atoms.